The fraction of sp³-hybridized carbons (Fsp3) is 0.375. The molecule has 0 saturated carbocycles. The van der Waals surface area contributed by atoms with Gasteiger partial charge in [0.25, 0.3) is 0 Å². The van der Waals surface area contributed by atoms with Crippen LogP contribution in [0, 0.1) is 6.92 Å². The standard InChI is InChI=1S/C16H18ClNO3S/c1-10-2-5-22-15(10)9-18-8-13(19)11-6-12(17)16-14(7-11)20-3-4-21-16/h2,5-7,13,18-19H,3-4,8-9H2,1H3. The summed E-state index contributed by atoms with van der Waals surface area (Å²) in [5.74, 6) is 1.16. The van der Waals surface area contributed by atoms with Gasteiger partial charge in [-0.25, -0.2) is 0 Å². The van der Waals surface area contributed by atoms with Crippen molar-refractivity contribution in [3.05, 3.63) is 44.6 Å². The third kappa shape index (κ3) is 3.38. The molecule has 3 rings (SSSR count). The van der Waals surface area contributed by atoms with Crippen molar-refractivity contribution in [2.45, 2.75) is 19.6 Å². The Morgan fingerprint density at radius 3 is 2.95 bits per heavy atom. The van der Waals surface area contributed by atoms with Gasteiger partial charge in [0.05, 0.1) is 11.1 Å². The van der Waals surface area contributed by atoms with Crippen molar-refractivity contribution < 1.29 is 14.6 Å². The molecule has 6 heteroatoms. The molecular weight excluding hydrogens is 322 g/mol. The van der Waals surface area contributed by atoms with Crippen LogP contribution in [0.15, 0.2) is 23.6 Å². The first-order chi connectivity index (χ1) is 10.6. The van der Waals surface area contributed by atoms with Crippen LogP contribution in [0.25, 0.3) is 0 Å². The zero-order valence-corrected chi connectivity index (χ0v) is 13.8. The second-order valence-corrected chi connectivity index (χ2v) is 6.61. The molecule has 0 saturated heterocycles. The summed E-state index contributed by atoms with van der Waals surface area (Å²) in [6.45, 7) is 4.28. The van der Waals surface area contributed by atoms with E-state index in [9.17, 15) is 5.11 Å². The van der Waals surface area contributed by atoms with Gasteiger partial charge in [-0.1, -0.05) is 11.6 Å². The Bertz CT molecular complexity index is 659. The van der Waals surface area contributed by atoms with Crippen molar-refractivity contribution in [3.8, 4) is 11.5 Å². The van der Waals surface area contributed by atoms with Crippen molar-refractivity contribution in [2.24, 2.45) is 0 Å². The second-order valence-electron chi connectivity index (χ2n) is 5.20. The molecule has 0 spiro atoms. The zero-order valence-electron chi connectivity index (χ0n) is 12.3. The zero-order chi connectivity index (χ0) is 15.5. The van der Waals surface area contributed by atoms with Crippen LogP contribution in [0.5, 0.6) is 11.5 Å². The van der Waals surface area contributed by atoms with E-state index in [0.29, 0.717) is 36.3 Å². The van der Waals surface area contributed by atoms with Gasteiger partial charge in [0.2, 0.25) is 0 Å². The summed E-state index contributed by atoms with van der Waals surface area (Å²) in [5.41, 5.74) is 2.00. The quantitative estimate of drug-likeness (QED) is 0.877. The lowest BCUT2D eigenvalue weighted by Crippen LogP contribution is -2.21. The molecule has 118 valence electrons. The topological polar surface area (TPSA) is 50.7 Å². The van der Waals surface area contributed by atoms with Gasteiger partial charge >= 0.3 is 0 Å². The van der Waals surface area contributed by atoms with E-state index in [4.69, 9.17) is 21.1 Å². The number of aryl methyl sites for hydroxylation is 1. The molecule has 0 aliphatic carbocycles. The highest BCUT2D eigenvalue weighted by atomic mass is 35.5. The van der Waals surface area contributed by atoms with E-state index in [1.807, 2.05) is 0 Å². The summed E-state index contributed by atoms with van der Waals surface area (Å²) in [5, 5.41) is 16.1. The van der Waals surface area contributed by atoms with Gasteiger partial charge in [-0.05, 0) is 41.6 Å². The highest BCUT2D eigenvalue weighted by Crippen LogP contribution is 2.39. The molecule has 2 N–H and O–H groups in total. The van der Waals surface area contributed by atoms with Crippen molar-refractivity contribution in [1.29, 1.82) is 0 Å². The first kappa shape index (κ1) is 15.6. The Morgan fingerprint density at radius 2 is 2.18 bits per heavy atom. The molecule has 2 heterocycles. The maximum Gasteiger partial charge on any atom is 0.179 e. The van der Waals surface area contributed by atoms with E-state index in [-0.39, 0.29) is 0 Å². The van der Waals surface area contributed by atoms with Gasteiger partial charge < -0.3 is 19.9 Å². The van der Waals surface area contributed by atoms with Crippen LogP contribution >= 0.6 is 22.9 Å². The smallest absolute Gasteiger partial charge is 0.179 e. The first-order valence-corrected chi connectivity index (χ1v) is 8.41. The Kier molecular flexibility index (Phi) is 4.88. The number of thiophene rings is 1. The van der Waals surface area contributed by atoms with E-state index < -0.39 is 6.10 Å². The largest absolute Gasteiger partial charge is 0.486 e. The SMILES string of the molecule is Cc1ccsc1CNCC(O)c1cc(Cl)c2c(c1)OCCO2. The van der Waals surface area contributed by atoms with Crippen molar-refractivity contribution in [2.75, 3.05) is 19.8 Å². The fourth-order valence-corrected chi connectivity index (χ4v) is 3.50. The number of hydrogen-bond acceptors (Lipinski definition) is 5. The molecule has 0 fully saturated rings. The Labute approximate surface area is 138 Å². The van der Waals surface area contributed by atoms with Crippen LogP contribution < -0.4 is 14.8 Å². The highest BCUT2D eigenvalue weighted by Gasteiger charge is 2.19. The Balaban J connectivity index is 1.63. The normalized spacial score (nSPS) is 14.9. The summed E-state index contributed by atoms with van der Waals surface area (Å²) in [4.78, 5) is 1.28. The van der Waals surface area contributed by atoms with Crippen LogP contribution in [-0.2, 0) is 6.54 Å². The summed E-state index contributed by atoms with van der Waals surface area (Å²) in [7, 11) is 0. The van der Waals surface area contributed by atoms with E-state index in [0.717, 1.165) is 12.1 Å². The molecule has 0 radical (unpaired) electrons. The lowest BCUT2D eigenvalue weighted by molar-refractivity contribution is 0.163. The summed E-state index contributed by atoms with van der Waals surface area (Å²) >= 11 is 7.91. The molecule has 1 aromatic carbocycles. The summed E-state index contributed by atoms with van der Waals surface area (Å²) in [6.07, 6.45) is -0.645. The number of benzene rings is 1. The van der Waals surface area contributed by atoms with Gasteiger partial charge in [0, 0.05) is 18.0 Å². The average Bonchev–Trinajstić information content (AvgIpc) is 2.92. The third-order valence-corrected chi connectivity index (χ3v) is 4.90. The maximum atomic E-state index is 10.3. The number of hydrogen-bond donors (Lipinski definition) is 2. The second kappa shape index (κ2) is 6.87. The predicted molar refractivity (Wildman–Crippen MR) is 88.2 cm³/mol. The minimum Gasteiger partial charge on any atom is -0.486 e. The van der Waals surface area contributed by atoms with Crippen molar-refractivity contribution >= 4 is 22.9 Å². The number of fused-ring (bicyclic) bond motifs is 1. The number of aliphatic hydroxyl groups is 1. The van der Waals surface area contributed by atoms with Crippen molar-refractivity contribution in [3.63, 3.8) is 0 Å². The Hall–Kier alpha value is -1.27. The molecular formula is C16H18ClNO3S. The molecule has 1 aliphatic rings. The van der Waals surface area contributed by atoms with E-state index >= 15 is 0 Å². The minimum atomic E-state index is -0.645. The Morgan fingerprint density at radius 1 is 1.36 bits per heavy atom. The van der Waals surface area contributed by atoms with E-state index in [2.05, 4.69) is 23.7 Å². The molecule has 1 aliphatic heterocycles. The predicted octanol–water partition coefficient (Wildman–Crippen LogP) is 3.30. The minimum absolute atomic E-state index is 0.452. The molecule has 1 unspecified atom stereocenters. The summed E-state index contributed by atoms with van der Waals surface area (Å²) in [6, 6.07) is 5.62. The van der Waals surface area contributed by atoms with Crippen molar-refractivity contribution in [1.82, 2.24) is 5.32 Å². The molecule has 1 atom stereocenters. The van der Waals surface area contributed by atoms with Gasteiger partial charge in [0.1, 0.15) is 13.2 Å². The van der Waals surface area contributed by atoms with Gasteiger partial charge in [-0.3, -0.25) is 0 Å². The van der Waals surface area contributed by atoms with E-state index in [1.165, 1.54) is 10.4 Å². The van der Waals surface area contributed by atoms with Crippen LogP contribution in [0.1, 0.15) is 22.1 Å². The van der Waals surface area contributed by atoms with Crippen LogP contribution in [0.3, 0.4) is 0 Å². The number of halogens is 1. The molecule has 4 nitrogen and oxygen atoms in total. The van der Waals surface area contributed by atoms with Crippen LogP contribution in [0.4, 0.5) is 0 Å². The van der Waals surface area contributed by atoms with Gasteiger partial charge in [-0.2, -0.15) is 0 Å². The lowest BCUT2D eigenvalue weighted by atomic mass is 10.1. The van der Waals surface area contributed by atoms with Crippen LogP contribution in [-0.4, -0.2) is 24.9 Å². The van der Waals surface area contributed by atoms with Gasteiger partial charge in [-0.15, -0.1) is 11.3 Å². The molecule has 0 amide bonds. The number of nitrogens with one attached hydrogen (secondary N) is 1. The number of rotatable bonds is 5. The third-order valence-electron chi connectivity index (χ3n) is 3.60. The lowest BCUT2D eigenvalue weighted by Gasteiger charge is -2.21. The number of ether oxygens (including phenoxy) is 2. The molecule has 2 aromatic rings. The van der Waals surface area contributed by atoms with E-state index in [1.54, 1.807) is 23.5 Å². The van der Waals surface area contributed by atoms with Gasteiger partial charge in [0.15, 0.2) is 11.5 Å². The summed E-state index contributed by atoms with van der Waals surface area (Å²) < 4.78 is 11.0. The average molecular weight is 340 g/mol. The maximum absolute atomic E-state index is 10.3. The number of aliphatic hydroxyl groups excluding tert-OH is 1. The van der Waals surface area contributed by atoms with Crippen LogP contribution in [0.2, 0.25) is 5.02 Å². The molecule has 22 heavy (non-hydrogen) atoms. The fourth-order valence-electron chi connectivity index (χ4n) is 2.35. The molecule has 0 bridgehead atoms. The molecule has 1 aromatic heterocycles. The monoisotopic (exact) mass is 339 g/mol. The first-order valence-electron chi connectivity index (χ1n) is 7.16. The highest BCUT2D eigenvalue weighted by molar-refractivity contribution is 7.10.